The van der Waals surface area contributed by atoms with Crippen LogP contribution in [0.4, 0.5) is 0 Å². The number of hydrogen-bond donors (Lipinski definition) is 1. The number of ether oxygens (including phenoxy) is 2. The normalized spacial score (nSPS) is 18.8. The van der Waals surface area contributed by atoms with Gasteiger partial charge in [-0.2, -0.15) is 0 Å². The van der Waals surface area contributed by atoms with E-state index in [1.54, 1.807) is 42.6 Å². The summed E-state index contributed by atoms with van der Waals surface area (Å²) in [6.07, 6.45) is 2.66. The van der Waals surface area contributed by atoms with Crippen molar-refractivity contribution in [2.24, 2.45) is 5.92 Å². The molecule has 31 heavy (non-hydrogen) atoms. The minimum Gasteiger partial charge on any atom is -0.497 e. The van der Waals surface area contributed by atoms with E-state index in [1.165, 1.54) is 0 Å². The Morgan fingerprint density at radius 2 is 2.03 bits per heavy atom. The van der Waals surface area contributed by atoms with E-state index in [2.05, 4.69) is 10.3 Å². The van der Waals surface area contributed by atoms with Crippen LogP contribution in [0.3, 0.4) is 0 Å². The highest BCUT2D eigenvalue weighted by Crippen LogP contribution is 2.39. The fraction of sp³-hybridized carbons (Fsp3) is 0.458. The monoisotopic (exact) mass is 425 g/mol. The molecule has 7 nitrogen and oxygen atoms in total. The Balaban J connectivity index is 2.16. The third-order valence-corrected chi connectivity index (χ3v) is 5.04. The largest absolute Gasteiger partial charge is 0.497 e. The maximum atomic E-state index is 13.7. The van der Waals surface area contributed by atoms with E-state index in [0.29, 0.717) is 17.1 Å². The smallest absolute Gasteiger partial charge is 0.265 e. The lowest BCUT2D eigenvalue weighted by Gasteiger charge is -2.33. The van der Waals surface area contributed by atoms with Gasteiger partial charge >= 0.3 is 0 Å². The summed E-state index contributed by atoms with van der Waals surface area (Å²) < 4.78 is 11.5. The number of nitrogens with one attached hydrogen (secondary N) is 1. The Morgan fingerprint density at radius 1 is 1.29 bits per heavy atom. The second-order valence-electron chi connectivity index (χ2n) is 9.16. The first-order valence-corrected chi connectivity index (χ1v) is 10.5. The first-order valence-electron chi connectivity index (χ1n) is 10.5. The number of carbonyl (C=O) groups is 2. The van der Waals surface area contributed by atoms with Gasteiger partial charge in [-0.3, -0.25) is 14.6 Å². The molecule has 1 aromatic carbocycles. The van der Waals surface area contributed by atoms with Gasteiger partial charge in [-0.05, 0) is 50.5 Å². The summed E-state index contributed by atoms with van der Waals surface area (Å²) in [6.45, 7) is 9.85. The van der Waals surface area contributed by atoms with Gasteiger partial charge in [0.15, 0.2) is 6.10 Å². The van der Waals surface area contributed by atoms with Crippen LogP contribution >= 0.6 is 0 Å². The number of amides is 2. The van der Waals surface area contributed by atoms with E-state index in [4.69, 9.17) is 9.47 Å². The molecule has 0 radical (unpaired) electrons. The van der Waals surface area contributed by atoms with E-state index in [9.17, 15) is 9.59 Å². The summed E-state index contributed by atoms with van der Waals surface area (Å²) in [5, 5.41) is 3.03. The van der Waals surface area contributed by atoms with Gasteiger partial charge in [0.2, 0.25) is 5.91 Å². The Morgan fingerprint density at radius 3 is 2.61 bits per heavy atom. The molecule has 2 aromatic rings. The van der Waals surface area contributed by atoms with Crippen LogP contribution < -0.4 is 14.8 Å². The molecule has 2 unspecified atom stereocenters. The van der Waals surface area contributed by atoms with Gasteiger partial charge in [-0.15, -0.1) is 0 Å². The number of carbonyl (C=O) groups excluding carboxylic acids is 2. The van der Waals surface area contributed by atoms with Crippen molar-refractivity contribution in [3.05, 3.63) is 53.9 Å². The number of benzene rings is 1. The molecule has 7 heteroatoms. The van der Waals surface area contributed by atoms with E-state index >= 15 is 0 Å². The van der Waals surface area contributed by atoms with Crippen LogP contribution in [-0.2, 0) is 16.1 Å². The molecule has 0 bridgehead atoms. The number of fused-ring (bicyclic) bond motifs is 1. The zero-order valence-corrected chi connectivity index (χ0v) is 19.0. The summed E-state index contributed by atoms with van der Waals surface area (Å²) in [6, 6.07) is 8.18. The quantitative estimate of drug-likeness (QED) is 0.793. The van der Waals surface area contributed by atoms with Crippen LogP contribution in [0.2, 0.25) is 0 Å². The van der Waals surface area contributed by atoms with Gasteiger partial charge in [-0.25, -0.2) is 0 Å². The standard InChI is InChI=1S/C24H31N3O4/c1-15(2)21-23(29)27(14-16-8-7-11-25-13-16)20(22(28)26-24(3,4)5)18-10-9-17(30-6)12-19(18)31-21/h7-13,15,20-21H,14H2,1-6H3,(H,26,28). The molecule has 2 heterocycles. The van der Waals surface area contributed by atoms with Crippen molar-refractivity contribution in [1.29, 1.82) is 0 Å². The van der Waals surface area contributed by atoms with Crippen LogP contribution in [0, 0.1) is 5.92 Å². The molecule has 1 N–H and O–H groups in total. The fourth-order valence-electron chi connectivity index (χ4n) is 3.61. The Kier molecular flexibility index (Phi) is 6.53. The predicted molar refractivity (Wildman–Crippen MR) is 118 cm³/mol. The van der Waals surface area contributed by atoms with Crippen molar-refractivity contribution in [2.75, 3.05) is 7.11 Å². The highest BCUT2D eigenvalue weighted by atomic mass is 16.5. The molecule has 2 atom stereocenters. The number of aromatic nitrogens is 1. The average Bonchev–Trinajstić information content (AvgIpc) is 2.82. The molecular formula is C24H31N3O4. The molecule has 1 aromatic heterocycles. The SMILES string of the molecule is COc1ccc2c(c1)OC(C(C)C)C(=O)N(Cc1cccnc1)C2C(=O)NC(C)(C)C. The summed E-state index contributed by atoms with van der Waals surface area (Å²) >= 11 is 0. The number of nitrogens with zero attached hydrogens (tertiary/aromatic N) is 2. The molecule has 0 saturated carbocycles. The molecule has 1 aliphatic rings. The lowest BCUT2D eigenvalue weighted by molar-refractivity contribution is -0.147. The van der Waals surface area contributed by atoms with Crippen molar-refractivity contribution < 1.29 is 19.1 Å². The second-order valence-corrected chi connectivity index (χ2v) is 9.16. The second kappa shape index (κ2) is 8.96. The van der Waals surface area contributed by atoms with Gasteiger partial charge in [0.1, 0.15) is 17.5 Å². The Bertz CT molecular complexity index is 938. The van der Waals surface area contributed by atoms with Crippen molar-refractivity contribution >= 4 is 11.8 Å². The van der Waals surface area contributed by atoms with Gasteiger partial charge in [0.05, 0.1) is 7.11 Å². The lowest BCUT2D eigenvalue weighted by Crippen LogP contribution is -2.51. The zero-order chi connectivity index (χ0) is 22.8. The van der Waals surface area contributed by atoms with Crippen molar-refractivity contribution in [2.45, 2.75) is 58.8 Å². The van der Waals surface area contributed by atoms with Crippen LogP contribution in [0.5, 0.6) is 11.5 Å². The maximum absolute atomic E-state index is 13.7. The molecule has 0 fully saturated rings. The highest BCUT2D eigenvalue weighted by molar-refractivity contribution is 5.92. The maximum Gasteiger partial charge on any atom is 0.265 e. The molecule has 2 amide bonds. The minimum absolute atomic E-state index is 0.0904. The Labute approximate surface area is 183 Å². The first kappa shape index (κ1) is 22.6. The number of rotatable bonds is 5. The molecule has 0 saturated heterocycles. The van der Waals surface area contributed by atoms with Crippen LogP contribution in [0.15, 0.2) is 42.7 Å². The number of pyridine rings is 1. The van der Waals surface area contributed by atoms with Gasteiger partial charge < -0.3 is 19.7 Å². The number of methoxy groups -OCH3 is 1. The zero-order valence-electron chi connectivity index (χ0n) is 19.0. The van der Waals surface area contributed by atoms with E-state index in [-0.39, 0.29) is 24.3 Å². The van der Waals surface area contributed by atoms with E-state index in [0.717, 1.165) is 5.56 Å². The van der Waals surface area contributed by atoms with E-state index in [1.807, 2.05) is 46.8 Å². The van der Waals surface area contributed by atoms with Crippen molar-refractivity contribution in [3.63, 3.8) is 0 Å². The van der Waals surface area contributed by atoms with Gasteiger partial charge in [-0.1, -0.05) is 19.9 Å². The minimum atomic E-state index is -0.850. The van der Waals surface area contributed by atoms with Gasteiger partial charge in [0, 0.05) is 36.1 Å². The van der Waals surface area contributed by atoms with Crippen LogP contribution in [0.1, 0.15) is 51.8 Å². The van der Waals surface area contributed by atoms with Crippen LogP contribution in [0.25, 0.3) is 0 Å². The predicted octanol–water partition coefficient (Wildman–Crippen LogP) is 3.49. The molecule has 0 aliphatic carbocycles. The third kappa shape index (κ3) is 5.16. The fourth-order valence-corrected chi connectivity index (χ4v) is 3.61. The van der Waals surface area contributed by atoms with Gasteiger partial charge in [0.25, 0.3) is 5.91 Å². The van der Waals surface area contributed by atoms with E-state index < -0.39 is 17.7 Å². The molecular weight excluding hydrogens is 394 g/mol. The first-order chi connectivity index (χ1) is 14.6. The highest BCUT2D eigenvalue weighted by Gasteiger charge is 2.42. The average molecular weight is 426 g/mol. The third-order valence-electron chi connectivity index (χ3n) is 5.04. The molecule has 166 valence electrons. The number of hydrogen-bond acceptors (Lipinski definition) is 5. The van der Waals surface area contributed by atoms with Crippen LogP contribution in [-0.4, -0.2) is 40.5 Å². The topological polar surface area (TPSA) is 80.8 Å². The van der Waals surface area contributed by atoms with Crippen molar-refractivity contribution in [3.8, 4) is 11.5 Å². The Hall–Kier alpha value is -3.09. The summed E-state index contributed by atoms with van der Waals surface area (Å²) in [4.78, 5) is 32.9. The molecule has 3 rings (SSSR count). The molecule has 0 spiro atoms. The molecule has 1 aliphatic heterocycles. The summed E-state index contributed by atoms with van der Waals surface area (Å²) in [7, 11) is 1.57. The summed E-state index contributed by atoms with van der Waals surface area (Å²) in [5.74, 6) is 0.498. The summed E-state index contributed by atoms with van der Waals surface area (Å²) in [5.41, 5.74) is 1.00. The van der Waals surface area contributed by atoms with Crippen molar-refractivity contribution in [1.82, 2.24) is 15.2 Å². The lowest BCUT2D eigenvalue weighted by atomic mass is 9.99.